The molecule has 0 fully saturated rings. The second kappa shape index (κ2) is 7.98. The number of carbonyl (C=O) groups is 2. The van der Waals surface area contributed by atoms with Crippen molar-refractivity contribution in [1.82, 2.24) is 0 Å². The van der Waals surface area contributed by atoms with Gasteiger partial charge in [0.25, 0.3) is 0 Å². The van der Waals surface area contributed by atoms with Crippen molar-refractivity contribution in [2.75, 3.05) is 0 Å². The molecule has 134 valence electrons. The zero-order valence-electron chi connectivity index (χ0n) is 14.5. The van der Waals surface area contributed by atoms with Gasteiger partial charge in [-0.25, -0.2) is 14.8 Å². The molecule has 0 aliphatic rings. The van der Waals surface area contributed by atoms with Crippen molar-refractivity contribution in [2.45, 2.75) is 57.6 Å². The molecule has 7 nitrogen and oxygen atoms in total. The van der Waals surface area contributed by atoms with Crippen LogP contribution in [0, 0.1) is 0 Å². The van der Waals surface area contributed by atoms with Gasteiger partial charge in [-0.3, -0.25) is 0 Å². The standard InChI is InChI=1S/C16H22O7S/c1-15(2,3)20-13(17)10-7-11(14(18)21-16(4,5)6)9-12(8-10)24-23-22-19/h7-9,19H,1-6H3. The molecule has 1 rings (SSSR count). The molecule has 0 aromatic heterocycles. The molecular weight excluding hydrogens is 336 g/mol. The van der Waals surface area contributed by atoms with Crippen LogP contribution in [0.5, 0.6) is 0 Å². The third-order valence-corrected chi connectivity index (χ3v) is 2.89. The van der Waals surface area contributed by atoms with Crippen LogP contribution in [0.1, 0.15) is 62.3 Å². The van der Waals surface area contributed by atoms with Crippen LogP contribution in [0.2, 0.25) is 0 Å². The van der Waals surface area contributed by atoms with Crippen LogP contribution in [-0.2, 0) is 18.8 Å². The summed E-state index contributed by atoms with van der Waals surface area (Å²) in [5, 5.41) is 11.8. The maximum atomic E-state index is 12.2. The number of ether oxygens (including phenoxy) is 2. The Morgan fingerprint density at radius 1 is 0.875 bits per heavy atom. The Labute approximate surface area is 145 Å². The molecule has 8 heteroatoms. The lowest BCUT2D eigenvalue weighted by atomic mass is 10.1. The maximum Gasteiger partial charge on any atom is 0.338 e. The molecule has 1 aromatic carbocycles. The van der Waals surface area contributed by atoms with E-state index in [1.54, 1.807) is 41.5 Å². The van der Waals surface area contributed by atoms with Crippen LogP contribution in [0.3, 0.4) is 0 Å². The van der Waals surface area contributed by atoms with E-state index in [0.717, 1.165) is 0 Å². The summed E-state index contributed by atoms with van der Waals surface area (Å²) >= 11 is 0.632. The number of hydrogen-bond acceptors (Lipinski definition) is 8. The topological polar surface area (TPSA) is 91.3 Å². The summed E-state index contributed by atoms with van der Waals surface area (Å²) in [7, 11) is 0. The summed E-state index contributed by atoms with van der Waals surface area (Å²) in [6.07, 6.45) is 0. The summed E-state index contributed by atoms with van der Waals surface area (Å²) in [5.41, 5.74) is -1.07. The average Bonchev–Trinajstić information content (AvgIpc) is 2.41. The average molecular weight is 358 g/mol. The summed E-state index contributed by atoms with van der Waals surface area (Å²) < 4.78 is 15.0. The third kappa shape index (κ3) is 7.31. The van der Waals surface area contributed by atoms with E-state index in [0.29, 0.717) is 16.9 Å². The van der Waals surface area contributed by atoms with Crippen LogP contribution < -0.4 is 0 Å². The second-order valence-corrected chi connectivity index (χ2v) is 7.75. The first kappa shape index (κ1) is 20.4. The second-order valence-electron chi connectivity index (χ2n) is 6.98. The predicted octanol–water partition coefficient (Wildman–Crippen LogP) is 4.03. The number of rotatable bonds is 5. The first-order valence-corrected chi connectivity index (χ1v) is 7.92. The monoisotopic (exact) mass is 358 g/mol. The van der Waals surface area contributed by atoms with Crippen molar-refractivity contribution in [3.63, 3.8) is 0 Å². The summed E-state index contributed by atoms with van der Waals surface area (Å²) in [6, 6.07) is 4.28. The molecule has 0 saturated carbocycles. The highest BCUT2D eigenvalue weighted by atomic mass is 32.2. The number of benzene rings is 1. The molecule has 0 unspecified atom stereocenters. The van der Waals surface area contributed by atoms with Crippen molar-refractivity contribution in [3.05, 3.63) is 29.3 Å². The van der Waals surface area contributed by atoms with Gasteiger partial charge in [-0.15, -0.1) is 4.33 Å². The number of hydrogen-bond donors (Lipinski definition) is 1. The third-order valence-electron chi connectivity index (χ3n) is 2.34. The van der Waals surface area contributed by atoms with Gasteiger partial charge >= 0.3 is 11.9 Å². The van der Waals surface area contributed by atoms with Gasteiger partial charge in [0.15, 0.2) is 0 Å². The Bertz CT molecular complexity index is 553. The van der Waals surface area contributed by atoms with Gasteiger partial charge in [-0.2, -0.15) is 0 Å². The molecule has 0 saturated heterocycles. The Balaban J connectivity index is 3.16. The van der Waals surface area contributed by atoms with E-state index >= 15 is 0 Å². The van der Waals surface area contributed by atoms with E-state index in [9.17, 15) is 9.59 Å². The minimum atomic E-state index is -0.684. The molecule has 0 spiro atoms. The largest absolute Gasteiger partial charge is 0.456 e. The van der Waals surface area contributed by atoms with E-state index in [-0.39, 0.29) is 11.1 Å². The molecule has 0 aliphatic heterocycles. The predicted molar refractivity (Wildman–Crippen MR) is 87.4 cm³/mol. The van der Waals surface area contributed by atoms with Gasteiger partial charge in [0.1, 0.15) is 11.2 Å². The zero-order valence-corrected chi connectivity index (χ0v) is 15.4. The number of carbonyl (C=O) groups excluding carboxylic acids is 2. The van der Waals surface area contributed by atoms with Gasteiger partial charge in [-0.1, -0.05) is 5.04 Å². The van der Waals surface area contributed by atoms with E-state index in [1.165, 1.54) is 18.2 Å². The Morgan fingerprint density at radius 3 is 1.62 bits per heavy atom. The van der Waals surface area contributed by atoms with E-state index in [1.807, 2.05) is 0 Å². The van der Waals surface area contributed by atoms with Crippen molar-refractivity contribution >= 4 is 24.0 Å². The van der Waals surface area contributed by atoms with Crippen molar-refractivity contribution in [2.24, 2.45) is 0 Å². The quantitative estimate of drug-likeness (QED) is 0.365. The summed E-state index contributed by atoms with van der Waals surface area (Å²) in [6.45, 7) is 10.4. The lowest BCUT2D eigenvalue weighted by molar-refractivity contribution is -0.432. The van der Waals surface area contributed by atoms with Crippen molar-refractivity contribution in [1.29, 1.82) is 0 Å². The molecule has 1 N–H and O–H groups in total. The van der Waals surface area contributed by atoms with Crippen LogP contribution in [0.25, 0.3) is 0 Å². The van der Waals surface area contributed by atoms with Crippen LogP contribution in [-0.4, -0.2) is 28.4 Å². The first-order chi connectivity index (χ1) is 10.9. The number of esters is 2. The fraction of sp³-hybridized carbons (Fsp3) is 0.500. The zero-order chi connectivity index (χ0) is 18.5. The van der Waals surface area contributed by atoms with Crippen molar-refractivity contribution < 1.29 is 33.7 Å². The molecule has 0 atom stereocenters. The Kier molecular flexibility index (Phi) is 6.79. The lowest BCUT2D eigenvalue weighted by Gasteiger charge is -2.21. The van der Waals surface area contributed by atoms with E-state index in [4.69, 9.17) is 14.7 Å². The molecule has 1 aromatic rings. The van der Waals surface area contributed by atoms with E-state index in [2.05, 4.69) is 9.37 Å². The van der Waals surface area contributed by atoms with Gasteiger partial charge in [0.2, 0.25) is 0 Å². The molecule has 0 bridgehead atoms. The maximum absolute atomic E-state index is 12.2. The van der Waals surface area contributed by atoms with E-state index < -0.39 is 23.1 Å². The highest BCUT2D eigenvalue weighted by molar-refractivity contribution is 7.94. The first-order valence-electron chi connectivity index (χ1n) is 7.18. The van der Waals surface area contributed by atoms with Gasteiger partial charge in [0, 0.05) is 4.90 Å². The smallest absolute Gasteiger partial charge is 0.338 e. The SMILES string of the molecule is CC(C)(C)OC(=O)c1cc(SOOO)cc(C(=O)OC(C)(C)C)c1. The molecular formula is C16H22O7S. The van der Waals surface area contributed by atoms with Gasteiger partial charge in [-0.05, 0) is 59.7 Å². The molecule has 0 aliphatic carbocycles. The minimum absolute atomic E-state index is 0.150. The molecule has 0 radical (unpaired) electrons. The lowest BCUT2D eigenvalue weighted by Crippen LogP contribution is -2.25. The van der Waals surface area contributed by atoms with Crippen molar-refractivity contribution in [3.8, 4) is 0 Å². The molecule has 0 amide bonds. The van der Waals surface area contributed by atoms with Gasteiger partial charge in [0.05, 0.1) is 23.2 Å². The van der Waals surface area contributed by atoms with Crippen LogP contribution >= 0.6 is 12.0 Å². The minimum Gasteiger partial charge on any atom is -0.456 e. The van der Waals surface area contributed by atoms with Crippen LogP contribution in [0.15, 0.2) is 23.1 Å². The Hall–Kier alpha value is -1.61. The molecule has 24 heavy (non-hydrogen) atoms. The normalized spacial score (nSPS) is 12.0. The summed E-state index contributed by atoms with van der Waals surface area (Å²) in [4.78, 5) is 24.8. The highest BCUT2D eigenvalue weighted by Crippen LogP contribution is 2.25. The fourth-order valence-corrected chi connectivity index (χ4v) is 2.07. The van der Waals surface area contributed by atoms with Crippen LogP contribution in [0.4, 0.5) is 0 Å². The Morgan fingerprint density at radius 2 is 1.29 bits per heavy atom. The highest BCUT2D eigenvalue weighted by Gasteiger charge is 2.23. The summed E-state index contributed by atoms with van der Waals surface area (Å²) in [5.74, 6) is -1.20. The fourth-order valence-electron chi connectivity index (χ4n) is 1.61. The molecule has 0 heterocycles. The van der Waals surface area contributed by atoms with Gasteiger partial charge < -0.3 is 9.47 Å².